The van der Waals surface area contributed by atoms with Crippen molar-refractivity contribution in [2.75, 3.05) is 13.1 Å². The van der Waals surface area contributed by atoms with Crippen LogP contribution in [0.5, 0.6) is 0 Å². The first-order valence-corrected chi connectivity index (χ1v) is 7.92. The lowest BCUT2D eigenvalue weighted by molar-refractivity contribution is 0.0152. The van der Waals surface area contributed by atoms with E-state index in [1.54, 1.807) is 41.5 Å². The van der Waals surface area contributed by atoms with Gasteiger partial charge in [0.2, 0.25) is 0 Å². The topological polar surface area (TPSA) is 126 Å². The number of hydrogen-bond donors (Lipinski definition) is 3. The van der Waals surface area contributed by atoms with Gasteiger partial charge in [-0.05, 0) is 54.5 Å². The summed E-state index contributed by atoms with van der Waals surface area (Å²) >= 11 is 0. The Balaban J connectivity index is 4.73. The van der Waals surface area contributed by atoms with Crippen LogP contribution < -0.4 is 16.4 Å². The molecule has 0 radical (unpaired) electrons. The third-order valence-electron chi connectivity index (χ3n) is 2.82. The molecule has 0 bridgehead atoms. The molecule has 4 N–H and O–H groups in total. The second kappa shape index (κ2) is 8.73. The van der Waals surface area contributed by atoms with Crippen molar-refractivity contribution >= 4 is 12.2 Å². The monoisotopic (exact) mass is 342 g/mol. The normalized spacial score (nSPS) is 14.1. The summed E-state index contributed by atoms with van der Waals surface area (Å²) in [5.74, 6) is 0. The molecule has 0 fully saturated rings. The van der Waals surface area contributed by atoms with Gasteiger partial charge in [-0.3, -0.25) is 0 Å². The minimum atomic E-state index is -1.25. The largest absolute Gasteiger partial charge is 0.444 e. The summed E-state index contributed by atoms with van der Waals surface area (Å²) in [5.41, 5.74) is 2.47. The van der Waals surface area contributed by atoms with Crippen molar-refractivity contribution in [3.63, 3.8) is 0 Å². The lowest BCUT2D eigenvalue weighted by Gasteiger charge is -2.33. The van der Waals surface area contributed by atoms with Gasteiger partial charge in [0, 0.05) is 13.0 Å². The van der Waals surface area contributed by atoms with Gasteiger partial charge in [0.1, 0.15) is 16.7 Å². The summed E-state index contributed by atoms with van der Waals surface area (Å²) < 4.78 is 10.5. The van der Waals surface area contributed by atoms with Crippen LogP contribution in [0.4, 0.5) is 9.59 Å². The number of ether oxygens (including phenoxy) is 2. The van der Waals surface area contributed by atoms with E-state index < -0.39 is 28.9 Å². The number of hydrogen-bond acceptors (Lipinski definition) is 6. The van der Waals surface area contributed by atoms with E-state index in [9.17, 15) is 14.9 Å². The van der Waals surface area contributed by atoms with Gasteiger partial charge in [0.25, 0.3) is 0 Å². The Morgan fingerprint density at radius 1 is 1.08 bits per heavy atom. The number of nitrogens with zero attached hydrogens (tertiary/aromatic N) is 1. The molecule has 24 heavy (non-hydrogen) atoms. The molecule has 2 amide bonds. The number of carbonyl (C=O) groups is 2. The molecular weight excluding hydrogens is 312 g/mol. The Kier molecular flexibility index (Phi) is 8.00. The predicted octanol–water partition coefficient (Wildman–Crippen LogP) is 2.04. The lowest BCUT2D eigenvalue weighted by atomic mass is 9.89. The molecule has 8 nitrogen and oxygen atoms in total. The van der Waals surface area contributed by atoms with Crippen LogP contribution in [0, 0.1) is 11.3 Å². The quantitative estimate of drug-likeness (QED) is 0.608. The summed E-state index contributed by atoms with van der Waals surface area (Å²) in [7, 11) is 0. The van der Waals surface area contributed by atoms with E-state index in [2.05, 4.69) is 10.6 Å². The number of nitrogens with one attached hydrogen (secondary N) is 2. The molecule has 0 aliphatic carbocycles. The summed E-state index contributed by atoms with van der Waals surface area (Å²) in [6, 6.07) is 2.04. The minimum absolute atomic E-state index is 0.0973. The van der Waals surface area contributed by atoms with Crippen molar-refractivity contribution in [1.82, 2.24) is 10.6 Å². The molecule has 0 saturated heterocycles. The summed E-state index contributed by atoms with van der Waals surface area (Å²) in [5, 5.41) is 14.5. The van der Waals surface area contributed by atoms with Crippen LogP contribution in [-0.2, 0) is 9.47 Å². The zero-order valence-electron chi connectivity index (χ0n) is 15.5. The Morgan fingerprint density at radius 3 is 2.12 bits per heavy atom. The molecule has 0 heterocycles. The highest BCUT2D eigenvalue weighted by Gasteiger charge is 2.37. The van der Waals surface area contributed by atoms with Crippen molar-refractivity contribution < 1.29 is 19.1 Å². The second-order valence-electron chi connectivity index (χ2n) is 7.47. The molecule has 0 unspecified atom stereocenters. The van der Waals surface area contributed by atoms with Crippen molar-refractivity contribution in [2.24, 2.45) is 5.73 Å². The number of rotatable bonds is 7. The highest BCUT2D eigenvalue weighted by atomic mass is 16.6. The average molecular weight is 342 g/mol. The molecule has 0 spiro atoms. The Hall–Kier alpha value is -2.01. The van der Waals surface area contributed by atoms with Gasteiger partial charge in [-0.15, -0.1) is 0 Å². The van der Waals surface area contributed by atoms with E-state index in [1.165, 1.54) is 0 Å². The van der Waals surface area contributed by atoms with Gasteiger partial charge in [-0.2, -0.15) is 5.26 Å². The van der Waals surface area contributed by atoms with Crippen molar-refractivity contribution in [2.45, 2.75) is 71.1 Å². The van der Waals surface area contributed by atoms with Crippen LogP contribution in [-0.4, -0.2) is 42.0 Å². The molecular formula is C16H30N4O4. The van der Waals surface area contributed by atoms with E-state index in [1.807, 2.05) is 6.07 Å². The third kappa shape index (κ3) is 9.90. The molecule has 8 heteroatoms. The zero-order valence-corrected chi connectivity index (χ0v) is 15.5. The van der Waals surface area contributed by atoms with Gasteiger partial charge in [0.05, 0.1) is 6.07 Å². The maximum Gasteiger partial charge on any atom is 0.408 e. The number of carbonyl (C=O) groups excluding carboxylic acids is 2. The first-order chi connectivity index (χ1) is 10.8. The van der Waals surface area contributed by atoms with Gasteiger partial charge < -0.3 is 25.8 Å². The molecule has 0 aromatic rings. The highest BCUT2D eigenvalue weighted by Crippen LogP contribution is 2.24. The molecule has 0 aliphatic rings. The maximum atomic E-state index is 11.9. The third-order valence-corrected chi connectivity index (χ3v) is 2.82. The fourth-order valence-corrected chi connectivity index (χ4v) is 2.11. The summed E-state index contributed by atoms with van der Waals surface area (Å²) in [6.07, 6.45) is -0.549. The second-order valence-corrected chi connectivity index (χ2v) is 7.47. The van der Waals surface area contributed by atoms with Crippen LogP contribution in [0.25, 0.3) is 0 Å². The van der Waals surface area contributed by atoms with Crippen LogP contribution in [0.15, 0.2) is 0 Å². The summed E-state index contributed by atoms with van der Waals surface area (Å²) in [6.45, 7) is 11.0. The molecule has 0 aromatic heterocycles. The average Bonchev–Trinajstić information content (AvgIpc) is 2.34. The van der Waals surface area contributed by atoms with E-state index in [0.717, 1.165) is 0 Å². The maximum absolute atomic E-state index is 11.9. The molecule has 0 aromatic carbocycles. The smallest absolute Gasteiger partial charge is 0.408 e. The number of nitriles is 1. The zero-order chi connectivity index (χ0) is 19.0. The highest BCUT2D eigenvalue weighted by molar-refractivity contribution is 5.69. The first-order valence-electron chi connectivity index (χ1n) is 7.92. The number of nitrogens with two attached hydrogens (primary N) is 1. The predicted molar refractivity (Wildman–Crippen MR) is 90.2 cm³/mol. The Labute approximate surface area is 144 Å². The Morgan fingerprint density at radius 2 is 1.67 bits per heavy atom. The van der Waals surface area contributed by atoms with Gasteiger partial charge >= 0.3 is 12.2 Å². The van der Waals surface area contributed by atoms with Crippen molar-refractivity contribution in [1.29, 1.82) is 5.26 Å². The molecule has 0 rings (SSSR count). The van der Waals surface area contributed by atoms with E-state index in [4.69, 9.17) is 15.2 Å². The van der Waals surface area contributed by atoms with Gasteiger partial charge in [-0.25, -0.2) is 9.59 Å². The Bertz CT molecular complexity index is 479. The fourth-order valence-electron chi connectivity index (χ4n) is 2.11. The molecule has 138 valence electrons. The number of amides is 2. The summed E-state index contributed by atoms with van der Waals surface area (Å²) in [4.78, 5) is 23.6. The van der Waals surface area contributed by atoms with Crippen LogP contribution in [0.2, 0.25) is 0 Å². The number of alkyl carbamates (subject to hydrolysis) is 2. The van der Waals surface area contributed by atoms with Crippen LogP contribution in [0.3, 0.4) is 0 Å². The van der Waals surface area contributed by atoms with E-state index in [-0.39, 0.29) is 6.42 Å². The van der Waals surface area contributed by atoms with E-state index in [0.29, 0.717) is 19.5 Å². The van der Waals surface area contributed by atoms with Gasteiger partial charge in [0.15, 0.2) is 0 Å². The van der Waals surface area contributed by atoms with Crippen LogP contribution in [0.1, 0.15) is 54.4 Å². The van der Waals surface area contributed by atoms with Crippen molar-refractivity contribution in [3.8, 4) is 6.07 Å². The standard InChI is InChI=1S/C16H30N4O4/c1-14(2,3)23-13(22)20-16(6,11-18)10-15(4,5)24-12(21)19-9-7-8-17/h7-10,17H2,1-6H3,(H,19,21)(H,20,22)/t16-/m0/s1. The fraction of sp³-hybridized carbons (Fsp3) is 0.812. The van der Waals surface area contributed by atoms with Gasteiger partial charge in [-0.1, -0.05) is 0 Å². The van der Waals surface area contributed by atoms with E-state index >= 15 is 0 Å². The molecule has 1 atom stereocenters. The molecule has 0 saturated carbocycles. The SMILES string of the molecule is CC(C)(C)OC(=O)N[C@](C)(C#N)CC(C)(C)OC(=O)NCCCN. The van der Waals surface area contributed by atoms with Crippen LogP contribution >= 0.6 is 0 Å². The minimum Gasteiger partial charge on any atom is -0.444 e. The first kappa shape index (κ1) is 22.0. The lowest BCUT2D eigenvalue weighted by Crippen LogP contribution is -2.51. The molecule has 0 aliphatic heterocycles. The van der Waals surface area contributed by atoms with Crippen molar-refractivity contribution in [3.05, 3.63) is 0 Å².